The van der Waals surface area contributed by atoms with Crippen LogP contribution in [0.5, 0.6) is 0 Å². The average Bonchev–Trinajstić information content (AvgIpc) is 2.91. The van der Waals surface area contributed by atoms with Crippen LogP contribution in [0, 0.1) is 45.3 Å². The van der Waals surface area contributed by atoms with E-state index in [4.69, 9.17) is 5.73 Å². The molecule has 1 aliphatic carbocycles. The summed E-state index contributed by atoms with van der Waals surface area (Å²) in [5.41, 5.74) is 7.01. The first-order valence-electron chi connectivity index (χ1n) is 8.90. The van der Waals surface area contributed by atoms with Crippen LogP contribution in [0.3, 0.4) is 0 Å². The molecular formula is C21H18BrN5. The summed E-state index contributed by atoms with van der Waals surface area (Å²) in [6.07, 6.45) is 4.12. The Kier molecular flexibility index (Phi) is 4.11. The van der Waals surface area contributed by atoms with Crippen molar-refractivity contribution in [1.29, 1.82) is 15.8 Å². The zero-order chi connectivity index (χ0) is 19.3. The highest BCUT2D eigenvalue weighted by Gasteiger charge is 2.58. The van der Waals surface area contributed by atoms with Gasteiger partial charge in [0, 0.05) is 28.4 Å². The Hall–Kier alpha value is -2.59. The second-order valence-electron chi connectivity index (χ2n) is 7.49. The molecule has 27 heavy (non-hydrogen) atoms. The Morgan fingerprint density at radius 1 is 1.15 bits per heavy atom. The van der Waals surface area contributed by atoms with Gasteiger partial charge in [0.2, 0.25) is 0 Å². The van der Waals surface area contributed by atoms with E-state index in [1.165, 1.54) is 0 Å². The lowest BCUT2D eigenvalue weighted by atomic mass is 9.56. The fraction of sp³-hybridized carbons (Fsp3) is 0.381. The maximum atomic E-state index is 10.1. The van der Waals surface area contributed by atoms with E-state index in [-0.39, 0.29) is 23.7 Å². The second kappa shape index (κ2) is 6.24. The summed E-state index contributed by atoms with van der Waals surface area (Å²) in [6, 6.07) is 14.8. The highest BCUT2D eigenvalue weighted by molar-refractivity contribution is 9.10. The lowest BCUT2D eigenvalue weighted by Gasteiger charge is -2.48. The molecule has 1 saturated heterocycles. The zero-order valence-corrected chi connectivity index (χ0v) is 16.4. The van der Waals surface area contributed by atoms with E-state index in [9.17, 15) is 15.8 Å². The summed E-state index contributed by atoms with van der Waals surface area (Å²) < 4.78 is 0.931. The largest absolute Gasteiger partial charge is 0.399 e. The number of nitrogens with two attached hydrogens (primary N) is 1. The van der Waals surface area contributed by atoms with Crippen molar-refractivity contribution in [1.82, 2.24) is 4.90 Å². The lowest BCUT2D eigenvalue weighted by molar-refractivity contribution is 0.160. The number of fused-ring (bicyclic) bond motifs is 4. The first kappa shape index (κ1) is 17.8. The molecule has 0 unspecified atom stereocenters. The first-order chi connectivity index (χ1) is 13.0. The third-order valence-electron chi connectivity index (χ3n) is 6.45. The summed E-state index contributed by atoms with van der Waals surface area (Å²) in [7, 11) is 2.09. The molecule has 4 atom stereocenters. The molecule has 0 amide bonds. The highest BCUT2D eigenvalue weighted by atomic mass is 79.9. The SMILES string of the molecule is CN1[C@@H]2CC[C@@H]1C=C1C(C#N)=C(N)C(C#N)(C#N)[C@H](c3ccc(Br)cc3)[C@@H]12. The van der Waals surface area contributed by atoms with Crippen molar-refractivity contribution in [2.45, 2.75) is 30.8 Å². The third-order valence-corrected chi connectivity index (χ3v) is 6.98. The lowest BCUT2D eigenvalue weighted by Crippen LogP contribution is -2.51. The molecule has 1 aromatic rings. The summed E-state index contributed by atoms with van der Waals surface area (Å²) in [5, 5.41) is 30.0. The zero-order valence-electron chi connectivity index (χ0n) is 14.9. The fourth-order valence-corrected chi connectivity index (χ4v) is 5.40. The van der Waals surface area contributed by atoms with E-state index in [0.29, 0.717) is 5.57 Å². The van der Waals surface area contributed by atoms with E-state index in [1.807, 2.05) is 24.3 Å². The Morgan fingerprint density at radius 3 is 2.41 bits per heavy atom. The number of benzene rings is 1. The van der Waals surface area contributed by atoms with Gasteiger partial charge in [-0.1, -0.05) is 34.1 Å². The van der Waals surface area contributed by atoms with Gasteiger partial charge in [-0.3, -0.25) is 4.90 Å². The van der Waals surface area contributed by atoms with Gasteiger partial charge >= 0.3 is 0 Å². The van der Waals surface area contributed by atoms with E-state index < -0.39 is 11.3 Å². The molecule has 2 aliphatic heterocycles. The highest BCUT2D eigenvalue weighted by Crippen LogP contribution is 2.58. The van der Waals surface area contributed by atoms with Crippen molar-refractivity contribution in [3.05, 3.63) is 57.2 Å². The molecular weight excluding hydrogens is 402 g/mol. The van der Waals surface area contributed by atoms with Crippen molar-refractivity contribution < 1.29 is 0 Å². The number of likely N-dealkylation sites (N-methyl/N-ethyl adjacent to an activating group) is 1. The normalized spacial score (nSPS) is 31.3. The van der Waals surface area contributed by atoms with Crippen LogP contribution in [0.15, 0.2) is 51.7 Å². The van der Waals surface area contributed by atoms with Crippen LogP contribution in [-0.2, 0) is 0 Å². The molecule has 2 heterocycles. The van der Waals surface area contributed by atoms with Gasteiger partial charge in [0.15, 0.2) is 5.41 Å². The summed E-state index contributed by atoms with van der Waals surface area (Å²) in [4.78, 5) is 2.32. The minimum absolute atomic E-state index is 0.0920. The number of nitriles is 3. The molecule has 1 fully saturated rings. The Labute approximate surface area is 167 Å². The molecule has 0 aromatic heterocycles. The molecule has 0 radical (unpaired) electrons. The van der Waals surface area contributed by atoms with Crippen LogP contribution in [0.25, 0.3) is 0 Å². The van der Waals surface area contributed by atoms with Gasteiger partial charge in [-0.15, -0.1) is 0 Å². The average molecular weight is 420 g/mol. The van der Waals surface area contributed by atoms with Gasteiger partial charge in [-0.05, 0) is 43.2 Å². The van der Waals surface area contributed by atoms with Gasteiger partial charge in [0.05, 0.1) is 23.4 Å². The monoisotopic (exact) mass is 419 g/mol. The van der Waals surface area contributed by atoms with Gasteiger partial charge in [0.25, 0.3) is 0 Å². The van der Waals surface area contributed by atoms with Crippen LogP contribution >= 0.6 is 15.9 Å². The number of allylic oxidation sites excluding steroid dienone is 2. The van der Waals surface area contributed by atoms with E-state index >= 15 is 0 Å². The van der Waals surface area contributed by atoms with Gasteiger partial charge < -0.3 is 5.73 Å². The van der Waals surface area contributed by atoms with Crippen LogP contribution in [0.2, 0.25) is 0 Å². The maximum Gasteiger partial charge on any atom is 0.191 e. The Bertz CT molecular complexity index is 971. The fourth-order valence-electron chi connectivity index (χ4n) is 5.13. The van der Waals surface area contributed by atoms with Gasteiger partial charge in [0.1, 0.15) is 6.07 Å². The molecule has 1 aromatic carbocycles. The molecule has 0 spiro atoms. The number of rotatable bonds is 1. The van der Waals surface area contributed by atoms with Crippen molar-refractivity contribution in [2.24, 2.45) is 17.1 Å². The van der Waals surface area contributed by atoms with Crippen LogP contribution in [-0.4, -0.2) is 24.0 Å². The maximum absolute atomic E-state index is 10.1. The van der Waals surface area contributed by atoms with Crippen molar-refractivity contribution in [3.63, 3.8) is 0 Å². The summed E-state index contributed by atoms with van der Waals surface area (Å²) >= 11 is 3.45. The summed E-state index contributed by atoms with van der Waals surface area (Å²) in [6.45, 7) is 0. The predicted molar refractivity (Wildman–Crippen MR) is 104 cm³/mol. The van der Waals surface area contributed by atoms with Crippen LogP contribution < -0.4 is 5.73 Å². The molecule has 6 heteroatoms. The standard InChI is InChI=1S/C21H18BrN5/c1-27-14-6-7-17(27)18-15(8-14)16(9-23)20(26)21(10-24,11-25)19(18)12-2-4-13(22)5-3-12/h2-5,8,14,17-19H,6-7,26H2,1H3/t14-,17-,18+,19-/m1/s1. The quantitative estimate of drug-likeness (QED) is 0.751. The Balaban J connectivity index is 2.04. The predicted octanol–water partition coefficient (Wildman–Crippen LogP) is 3.34. The first-order valence-corrected chi connectivity index (χ1v) is 9.70. The van der Waals surface area contributed by atoms with Gasteiger partial charge in [-0.25, -0.2) is 0 Å². The third kappa shape index (κ3) is 2.29. The summed E-state index contributed by atoms with van der Waals surface area (Å²) in [5.74, 6) is -0.536. The molecule has 0 saturated carbocycles. The molecule has 134 valence electrons. The van der Waals surface area contributed by atoms with E-state index in [0.717, 1.165) is 28.5 Å². The van der Waals surface area contributed by atoms with E-state index in [1.54, 1.807) is 0 Å². The minimum Gasteiger partial charge on any atom is -0.399 e. The van der Waals surface area contributed by atoms with Crippen molar-refractivity contribution >= 4 is 15.9 Å². The van der Waals surface area contributed by atoms with Crippen molar-refractivity contribution in [2.75, 3.05) is 7.05 Å². The smallest absolute Gasteiger partial charge is 0.191 e. The molecule has 5 nitrogen and oxygen atoms in total. The number of halogens is 1. The number of nitrogens with zero attached hydrogens (tertiary/aromatic N) is 4. The van der Waals surface area contributed by atoms with Gasteiger partial charge in [-0.2, -0.15) is 15.8 Å². The molecule has 2 bridgehead atoms. The number of hydrogen-bond donors (Lipinski definition) is 1. The number of hydrogen-bond acceptors (Lipinski definition) is 5. The topological polar surface area (TPSA) is 101 Å². The molecule has 2 N–H and O–H groups in total. The molecule has 4 rings (SSSR count). The van der Waals surface area contributed by atoms with Crippen LogP contribution in [0.4, 0.5) is 0 Å². The minimum atomic E-state index is -1.56. The van der Waals surface area contributed by atoms with Crippen molar-refractivity contribution in [3.8, 4) is 18.2 Å². The second-order valence-corrected chi connectivity index (χ2v) is 8.40. The van der Waals surface area contributed by atoms with E-state index in [2.05, 4.69) is 52.2 Å². The molecule has 3 aliphatic rings. The Morgan fingerprint density at radius 2 is 1.81 bits per heavy atom. The van der Waals surface area contributed by atoms with Crippen LogP contribution in [0.1, 0.15) is 24.3 Å².